The molecule has 1 fully saturated rings. The minimum absolute atomic E-state index is 0.102. The minimum Gasteiger partial charge on any atom is -0.454 e. The lowest BCUT2D eigenvalue weighted by atomic mass is 10.2. The zero-order valence-corrected chi connectivity index (χ0v) is 14.4. The van der Waals surface area contributed by atoms with Crippen LogP contribution in [-0.4, -0.2) is 16.3 Å². The van der Waals surface area contributed by atoms with Crippen LogP contribution in [0.3, 0.4) is 0 Å². The van der Waals surface area contributed by atoms with Crippen LogP contribution in [0.25, 0.3) is 10.2 Å². The lowest BCUT2D eigenvalue weighted by molar-refractivity contribution is 0.174. The van der Waals surface area contributed by atoms with E-state index >= 15 is 0 Å². The summed E-state index contributed by atoms with van der Waals surface area (Å²) in [5.41, 5.74) is 2.03. The van der Waals surface area contributed by atoms with Crippen molar-refractivity contribution in [1.29, 1.82) is 0 Å². The summed E-state index contributed by atoms with van der Waals surface area (Å²) in [5, 5.41) is 2.74. The number of hydrogen-bond acceptors (Lipinski definition) is 6. The van der Waals surface area contributed by atoms with E-state index in [1.165, 1.54) is 11.3 Å². The van der Waals surface area contributed by atoms with Gasteiger partial charge in [0.25, 0.3) is 5.56 Å². The largest absolute Gasteiger partial charge is 0.454 e. The van der Waals surface area contributed by atoms with Gasteiger partial charge < -0.3 is 9.47 Å². The van der Waals surface area contributed by atoms with Crippen molar-refractivity contribution in [3.05, 3.63) is 45.6 Å². The molecule has 3 heterocycles. The molecule has 1 saturated carbocycles. The summed E-state index contributed by atoms with van der Waals surface area (Å²) in [5.74, 6) is 2.32. The van der Waals surface area contributed by atoms with E-state index in [-0.39, 0.29) is 12.4 Å². The Balaban J connectivity index is 1.48. The molecule has 0 bridgehead atoms. The summed E-state index contributed by atoms with van der Waals surface area (Å²) in [6, 6.07) is 8.20. The third kappa shape index (κ3) is 2.39. The summed E-state index contributed by atoms with van der Waals surface area (Å²) in [6.45, 7) is 0.281. The SMILES string of the molecule is O=c1c2sccc2nc(SCc2ccc3c(c2)OCO3)n1C1CC1. The number of thioether (sulfide) groups is 1. The van der Waals surface area contributed by atoms with Gasteiger partial charge in [-0.2, -0.15) is 0 Å². The van der Waals surface area contributed by atoms with E-state index in [1.807, 2.05) is 34.2 Å². The number of hydrogen-bond donors (Lipinski definition) is 0. The Hall–Kier alpha value is -1.99. The second-order valence-electron chi connectivity index (χ2n) is 5.91. The van der Waals surface area contributed by atoms with Crippen molar-refractivity contribution in [2.75, 3.05) is 6.79 Å². The molecular weight excluding hydrogens is 344 g/mol. The molecule has 0 atom stereocenters. The smallest absolute Gasteiger partial charge is 0.272 e. The first-order valence-corrected chi connectivity index (χ1v) is 9.67. The second kappa shape index (κ2) is 5.53. The highest BCUT2D eigenvalue weighted by Crippen LogP contribution is 2.38. The number of thiophene rings is 1. The van der Waals surface area contributed by atoms with E-state index in [1.54, 1.807) is 11.8 Å². The van der Waals surface area contributed by atoms with Crippen molar-refractivity contribution >= 4 is 33.3 Å². The van der Waals surface area contributed by atoms with Crippen molar-refractivity contribution in [2.45, 2.75) is 29.8 Å². The molecule has 24 heavy (non-hydrogen) atoms. The van der Waals surface area contributed by atoms with Gasteiger partial charge >= 0.3 is 0 Å². The minimum atomic E-state index is 0.102. The molecule has 1 aliphatic heterocycles. The Morgan fingerprint density at radius 1 is 1.25 bits per heavy atom. The standard InChI is InChI=1S/C17H14N2O3S2/c20-16-15-12(5-6-23-15)18-17(19(16)11-2-3-11)24-8-10-1-4-13-14(7-10)22-9-21-13/h1,4-7,11H,2-3,8-9H2. The van der Waals surface area contributed by atoms with E-state index in [0.29, 0.717) is 6.04 Å². The Labute approximate surface area is 146 Å². The molecule has 122 valence electrons. The highest BCUT2D eigenvalue weighted by molar-refractivity contribution is 7.98. The van der Waals surface area contributed by atoms with Gasteiger partial charge in [0.05, 0.1) is 5.52 Å². The Bertz CT molecular complexity index is 991. The third-order valence-electron chi connectivity index (χ3n) is 4.20. The first-order valence-electron chi connectivity index (χ1n) is 7.81. The van der Waals surface area contributed by atoms with E-state index in [2.05, 4.69) is 0 Å². The highest BCUT2D eigenvalue weighted by Gasteiger charge is 2.29. The van der Waals surface area contributed by atoms with E-state index in [0.717, 1.165) is 51.0 Å². The summed E-state index contributed by atoms with van der Waals surface area (Å²) in [4.78, 5) is 17.5. The van der Waals surface area contributed by atoms with Crippen molar-refractivity contribution in [3.63, 3.8) is 0 Å². The van der Waals surface area contributed by atoms with E-state index < -0.39 is 0 Å². The summed E-state index contributed by atoms with van der Waals surface area (Å²) < 4.78 is 13.4. The van der Waals surface area contributed by atoms with Crippen LogP contribution in [0.1, 0.15) is 24.4 Å². The molecule has 2 aromatic heterocycles. The quantitative estimate of drug-likeness (QED) is 0.524. The molecule has 1 aliphatic carbocycles. The van der Waals surface area contributed by atoms with Crippen LogP contribution in [0.4, 0.5) is 0 Å². The summed E-state index contributed by atoms with van der Waals surface area (Å²) in [6.07, 6.45) is 2.13. The van der Waals surface area contributed by atoms with Crippen LogP contribution >= 0.6 is 23.1 Å². The number of nitrogens with zero attached hydrogens (tertiary/aromatic N) is 2. The van der Waals surface area contributed by atoms with Crippen molar-refractivity contribution in [3.8, 4) is 11.5 Å². The van der Waals surface area contributed by atoms with E-state index in [9.17, 15) is 4.79 Å². The molecule has 1 aromatic carbocycles. The molecule has 5 nitrogen and oxygen atoms in total. The van der Waals surface area contributed by atoms with Gasteiger partial charge in [-0.3, -0.25) is 9.36 Å². The lowest BCUT2D eigenvalue weighted by Crippen LogP contribution is -2.21. The van der Waals surface area contributed by atoms with Crippen LogP contribution < -0.4 is 15.0 Å². The van der Waals surface area contributed by atoms with Crippen LogP contribution in [0.2, 0.25) is 0 Å². The monoisotopic (exact) mass is 358 g/mol. The van der Waals surface area contributed by atoms with Crippen molar-refractivity contribution in [1.82, 2.24) is 9.55 Å². The normalized spacial score (nSPS) is 16.0. The fourth-order valence-electron chi connectivity index (χ4n) is 2.84. The van der Waals surface area contributed by atoms with Gasteiger partial charge in [-0.1, -0.05) is 17.8 Å². The second-order valence-corrected chi connectivity index (χ2v) is 7.77. The maximum atomic E-state index is 12.7. The zero-order chi connectivity index (χ0) is 16.1. The van der Waals surface area contributed by atoms with Gasteiger partial charge in [0, 0.05) is 11.8 Å². The van der Waals surface area contributed by atoms with Crippen molar-refractivity contribution in [2.24, 2.45) is 0 Å². The third-order valence-corrected chi connectivity index (χ3v) is 6.11. The predicted molar refractivity (Wildman–Crippen MR) is 94.3 cm³/mol. The molecular formula is C17H14N2O3S2. The number of aromatic nitrogens is 2. The Kier molecular flexibility index (Phi) is 3.31. The zero-order valence-electron chi connectivity index (χ0n) is 12.7. The van der Waals surface area contributed by atoms with Crippen LogP contribution in [0.15, 0.2) is 39.6 Å². The maximum absolute atomic E-state index is 12.7. The van der Waals surface area contributed by atoms with Gasteiger partial charge in [0.15, 0.2) is 16.7 Å². The van der Waals surface area contributed by atoms with Gasteiger partial charge in [0.2, 0.25) is 6.79 Å². The number of ether oxygens (including phenoxy) is 2. The first kappa shape index (κ1) is 14.4. The molecule has 0 saturated heterocycles. The van der Waals surface area contributed by atoms with Crippen LogP contribution in [-0.2, 0) is 5.75 Å². The Morgan fingerprint density at radius 3 is 3.00 bits per heavy atom. The van der Waals surface area contributed by atoms with Gasteiger partial charge in [-0.05, 0) is 42.0 Å². The van der Waals surface area contributed by atoms with E-state index in [4.69, 9.17) is 14.5 Å². The number of benzene rings is 1. The average Bonchev–Trinajstić information content (AvgIpc) is 3.12. The molecule has 0 unspecified atom stereocenters. The molecule has 2 aliphatic rings. The summed E-state index contributed by atoms with van der Waals surface area (Å²) in [7, 11) is 0. The predicted octanol–water partition coefficient (Wildman–Crippen LogP) is 3.81. The van der Waals surface area contributed by atoms with Gasteiger partial charge in [0.1, 0.15) is 4.70 Å². The Morgan fingerprint density at radius 2 is 2.12 bits per heavy atom. The average molecular weight is 358 g/mol. The lowest BCUT2D eigenvalue weighted by Gasteiger charge is -2.11. The molecule has 0 amide bonds. The molecule has 5 rings (SSSR count). The molecule has 7 heteroatoms. The van der Waals surface area contributed by atoms with Crippen molar-refractivity contribution < 1.29 is 9.47 Å². The van der Waals surface area contributed by atoms with Gasteiger partial charge in [-0.15, -0.1) is 11.3 Å². The molecule has 0 radical (unpaired) electrons. The van der Waals surface area contributed by atoms with Crippen LogP contribution in [0, 0.1) is 0 Å². The highest BCUT2D eigenvalue weighted by atomic mass is 32.2. The number of fused-ring (bicyclic) bond motifs is 2. The van der Waals surface area contributed by atoms with Crippen LogP contribution in [0.5, 0.6) is 11.5 Å². The first-order chi connectivity index (χ1) is 11.8. The molecule has 3 aromatic rings. The van der Waals surface area contributed by atoms with Gasteiger partial charge in [-0.25, -0.2) is 4.98 Å². The topological polar surface area (TPSA) is 53.4 Å². The fourth-order valence-corrected chi connectivity index (χ4v) is 4.61. The molecule has 0 spiro atoms. The number of rotatable bonds is 4. The summed E-state index contributed by atoms with van der Waals surface area (Å²) >= 11 is 3.08. The molecule has 0 N–H and O–H groups in total. The fraction of sp³-hybridized carbons (Fsp3) is 0.294. The maximum Gasteiger partial charge on any atom is 0.272 e.